The first-order chi connectivity index (χ1) is 5.07. The maximum absolute atomic E-state index is 5.75. The number of rotatable bonds is 1. The lowest BCUT2D eigenvalue weighted by Gasteiger charge is -2.27. The van der Waals surface area contributed by atoms with Crippen LogP contribution in [0.5, 0.6) is 0 Å². The molecule has 0 amide bonds. The molecule has 1 heteroatoms. The van der Waals surface area contributed by atoms with Crippen LogP contribution in [0.4, 0.5) is 0 Å². The second-order valence-electron chi connectivity index (χ2n) is 3.70. The summed E-state index contributed by atoms with van der Waals surface area (Å²) >= 11 is 0. The van der Waals surface area contributed by atoms with Crippen molar-refractivity contribution in [1.82, 2.24) is 0 Å². The van der Waals surface area contributed by atoms with Gasteiger partial charge in [-0.15, -0.1) is 0 Å². The van der Waals surface area contributed by atoms with E-state index in [0.29, 0.717) is 5.41 Å². The summed E-state index contributed by atoms with van der Waals surface area (Å²) in [6.07, 6.45) is 6.71. The Morgan fingerprint density at radius 2 is 2.27 bits per heavy atom. The molecule has 0 aromatic rings. The molecule has 0 saturated heterocycles. The van der Waals surface area contributed by atoms with Crippen molar-refractivity contribution in [3.8, 4) is 0 Å². The lowest BCUT2D eigenvalue weighted by molar-refractivity contribution is 0.408. The van der Waals surface area contributed by atoms with Crippen LogP contribution in [0.15, 0.2) is 23.4 Å². The van der Waals surface area contributed by atoms with E-state index in [-0.39, 0.29) is 0 Å². The van der Waals surface area contributed by atoms with Gasteiger partial charge in [0.2, 0.25) is 0 Å². The molecule has 1 unspecified atom stereocenters. The zero-order valence-electron chi connectivity index (χ0n) is 7.65. The predicted octanol–water partition coefficient (Wildman–Crippen LogP) is 2.60. The van der Waals surface area contributed by atoms with Crippen LogP contribution in [-0.2, 0) is 0 Å². The van der Waals surface area contributed by atoms with Crippen molar-refractivity contribution in [2.75, 3.05) is 0 Å². The van der Waals surface area contributed by atoms with Crippen LogP contribution in [0.2, 0.25) is 0 Å². The van der Waals surface area contributed by atoms with E-state index in [1.165, 1.54) is 12.0 Å². The van der Waals surface area contributed by atoms with E-state index in [1.807, 2.05) is 0 Å². The minimum Gasteiger partial charge on any atom is -0.399 e. The Labute approximate surface area is 69.0 Å². The van der Waals surface area contributed by atoms with Crippen molar-refractivity contribution in [3.05, 3.63) is 23.4 Å². The minimum atomic E-state index is 0.354. The average molecular weight is 151 g/mol. The highest BCUT2D eigenvalue weighted by molar-refractivity contribution is 5.32. The van der Waals surface area contributed by atoms with Crippen molar-refractivity contribution in [1.29, 1.82) is 0 Å². The Morgan fingerprint density at radius 3 is 2.73 bits per heavy atom. The lowest BCUT2D eigenvalue weighted by atomic mass is 9.79. The smallest absolute Gasteiger partial charge is 0.0300 e. The van der Waals surface area contributed by atoms with Gasteiger partial charge in [0.25, 0.3) is 0 Å². The fraction of sp³-hybridized carbons (Fsp3) is 0.600. The molecule has 0 spiro atoms. The molecule has 1 nitrogen and oxygen atoms in total. The van der Waals surface area contributed by atoms with Gasteiger partial charge in [-0.25, -0.2) is 0 Å². The van der Waals surface area contributed by atoms with Gasteiger partial charge in [-0.3, -0.25) is 0 Å². The molecule has 0 saturated carbocycles. The number of hydrogen-bond acceptors (Lipinski definition) is 1. The molecule has 0 aromatic carbocycles. The summed E-state index contributed by atoms with van der Waals surface area (Å²) in [6, 6.07) is 0. The van der Waals surface area contributed by atoms with E-state index < -0.39 is 0 Å². The Balaban J connectivity index is 2.84. The monoisotopic (exact) mass is 151 g/mol. The third kappa shape index (κ3) is 1.65. The van der Waals surface area contributed by atoms with Gasteiger partial charge < -0.3 is 5.73 Å². The molecule has 11 heavy (non-hydrogen) atoms. The van der Waals surface area contributed by atoms with Crippen molar-refractivity contribution < 1.29 is 0 Å². The van der Waals surface area contributed by atoms with Gasteiger partial charge in [-0.1, -0.05) is 26.0 Å². The predicted molar refractivity (Wildman–Crippen MR) is 49.0 cm³/mol. The van der Waals surface area contributed by atoms with Gasteiger partial charge in [0.1, 0.15) is 0 Å². The Morgan fingerprint density at radius 1 is 1.64 bits per heavy atom. The molecule has 0 fully saturated rings. The number of allylic oxidation sites excluding steroid dienone is 3. The fourth-order valence-corrected chi connectivity index (χ4v) is 1.42. The zero-order chi connectivity index (χ0) is 8.48. The molecule has 62 valence electrons. The molecule has 0 heterocycles. The van der Waals surface area contributed by atoms with Crippen LogP contribution < -0.4 is 5.73 Å². The van der Waals surface area contributed by atoms with E-state index in [4.69, 9.17) is 5.73 Å². The molecule has 1 aliphatic rings. The van der Waals surface area contributed by atoms with Gasteiger partial charge in [-0.2, -0.15) is 0 Å². The number of nitrogens with two attached hydrogens (primary N) is 1. The third-order valence-electron chi connectivity index (χ3n) is 2.62. The zero-order valence-corrected chi connectivity index (χ0v) is 7.65. The summed E-state index contributed by atoms with van der Waals surface area (Å²) in [5.74, 6) is 0. The van der Waals surface area contributed by atoms with E-state index in [9.17, 15) is 0 Å². The summed E-state index contributed by atoms with van der Waals surface area (Å²) in [7, 11) is 0. The highest BCUT2D eigenvalue weighted by atomic mass is 14.6. The molecule has 2 N–H and O–H groups in total. The molecule has 1 aliphatic carbocycles. The van der Waals surface area contributed by atoms with Crippen LogP contribution in [0.3, 0.4) is 0 Å². The third-order valence-corrected chi connectivity index (χ3v) is 2.62. The molecule has 0 bridgehead atoms. The van der Waals surface area contributed by atoms with Crippen LogP contribution >= 0.6 is 0 Å². The Hall–Kier alpha value is -0.720. The van der Waals surface area contributed by atoms with Crippen molar-refractivity contribution in [2.45, 2.75) is 33.6 Å². The minimum absolute atomic E-state index is 0.354. The molecule has 1 atom stereocenters. The second-order valence-corrected chi connectivity index (χ2v) is 3.70. The largest absolute Gasteiger partial charge is 0.399 e. The van der Waals surface area contributed by atoms with Gasteiger partial charge in [0, 0.05) is 5.70 Å². The normalized spacial score (nSPS) is 31.2. The number of hydrogen-bond donors (Lipinski definition) is 1. The molecule has 0 aromatic heterocycles. The summed E-state index contributed by atoms with van der Waals surface area (Å²) in [4.78, 5) is 0. The van der Waals surface area contributed by atoms with E-state index in [0.717, 1.165) is 12.1 Å². The highest BCUT2D eigenvalue weighted by Crippen LogP contribution is 2.33. The van der Waals surface area contributed by atoms with Gasteiger partial charge >= 0.3 is 0 Å². The fourth-order valence-electron chi connectivity index (χ4n) is 1.42. The van der Waals surface area contributed by atoms with Crippen molar-refractivity contribution in [2.24, 2.45) is 11.1 Å². The topological polar surface area (TPSA) is 26.0 Å². The Kier molecular flexibility index (Phi) is 2.08. The SMILES string of the molecule is CCC1(C)C=C(C)C(N)=CC1. The molecule has 0 aliphatic heterocycles. The summed E-state index contributed by atoms with van der Waals surface area (Å²) in [5, 5.41) is 0. The standard InChI is InChI=1S/C10H17N/c1-4-10(3)6-5-9(11)8(2)7-10/h5,7H,4,6,11H2,1-3H3. The van der Waals surface area contributed by atoms with Gasteiger partial charge in [0.05, 0.1) is 0 Å². The molecular formula is C10H17N. The quantitative estimate of drug-likeness (QED) is 0.612. The van der Waals surface area contributed by atoms with Gasteiger partial charge in [-0.05, 0) is 30.8 Å². The lowest BCUT2D eigenvalue weighted by Crippen LogP contribution is -2.17. The van der Waals surface area contributed by atoms with Crippen molar-refractivity contribution in [3.63, 3.8) is 0 Å². The molecule has 0 radical (unpaired) electrons. The Bertz CT molecular complexity index is 213. The van der Waals surface area contributed by atoms with Crippen molar-refractivity contribution >= 4 is 0 Å². The van der Waals surface area contributed by atoms with E-state index in [2.05, 4.69) is 32.9 Å². The average Bonchev–Trinajstić information content (AvgIpc) is 1.98. The van der Waals surface area contributed by atoms with Gasteiger partial charge in [0.15, 0.2) is 0 Å². The van der Waals surface area contributed by atoms with Crippen LogP contribution in [0.25, 0.3) is 0 Å². The first-order valence-corrected chi connectivity index (χ1v) is 4.23. The van der Waals surface area contributed by atoms with Crippen LogP contribution in [0.1, 0.15) is 33.6 Å². The molecular weight excluding hydrogens is 134 g/mol. The maximum atomic E-state index is 5.75. The van der Waals surface area contributed by atoms with Crippen LogP contribution in [-0.4, -0.2) is 0 Å². The summed E-state index contributed by atoms with van der Waals surface area (Å²) in [5.41, 5.74) is 8.29. The molecule has 1 rings (SSSR count). The van der Waals surface area contributed by atoms with E-state index in [1.54, 1.807) is 0 Å². The summed E-state index contributed by atoms with van der Waals surface area (Å²) < 4.78 is 0. The van der Waals surface area contributed by atoms with Crippen LogP contribution in [0, 0.1) is 5.41 Å². The maximum Gasteiger partial charge on any atom is 0.0300 e. The second kappa shape index (κ2) is 2.72. The highest BCUT2D eigenvalue weighted by Gasteiger charge is 2.21. The summed E-state index contributed by atoms with van der Waals surface area (Å²) in [6.45, 7) is 6.58. The van der Waals surface area contributed by atoms with E-state index >= 15 is 0 Å². The first-order valence-electron chi connectivity index (χ1n) is 4.23. The first kappa shape index (κ1) is 8.38.